The summed E-state index contributed by atoms with van der Waals surface area (Å²) < 4.78 is 14.0. The standard InChI is InChI=1S/C13H15FN2S2/c1-17-11-4-2-3-9(11)15-13-16-10-6-5-8(14)7-12(10)18-13/h5-7,9,11H,2-4H2,1H3,(H,15,16). The third-order valence-corrected chi connectivity index (χ3v) is 5.53. The van der Waals surface area contributed by atoms with Gasteiger partial charge in [-0.2, -0.15) is 11.8 Å². The van der Waals surface area contributed by atoms with Crippen molar-refractivity contribution in [3.63, 3.8) is 0 Å². The predicted molar refractivity (Wildman–Crippen MR) is 78.1 cm³/mol. The monoisotopic (exact) mass is 282 g/mol. The van der Waals surface area contributed by atoms with Crippen LogP contribution in [0, 0.1) is 5.82 Å². The molecule has 0 aliphatic heterocycles. The summed E-state index contributed by atoms with van der Waals surface area (Å²) in [6, 6.07) is 5.27. The van der Waals surface area contributed by atoms with Crippen LogP contribution in [0.4, 0.5) is 9.52 Å². The van der Waals surface area contributed by atoms with E-state index in [1.165, 1.54) is 36.7 Å². The van der Waals surface area contributed by atoms with Crippen LogP contribution in [0.15, 0.2) is 18.2 Å². The molecule has 3 rings (SSSR count). The number of thioether (sulfide) groups is 1. The number of fused-ring (bicyclic) bond motifs is 1. The van der Waals surface area contributed by atoms with Crippen LogP contribution in [-0.2, 0) is 0 Å². The fourth-order valence-electron chi connectivity index (χ4n) is 2.49. The van der Waals surface area contributed by atoms with Crippen molar-refractivity contribution in [2.24, 2.45) is 0 Å². The molecule has 1 N–H and O–H groups in total. The highest BCUT2D eigenvalue weighted by Crippen LogP contribution is 2.33. The summed E-state index contributed by atoms with van der Waals surface area (Å²) in [7, 11) is 0. The average Bonchev–Trinajstić information content (AvgIpc) is 2.94. The Hall–Kier alpha value is -0.810. The Morgan fingerprint density at radius 2 is 2.33 bits per heavy atom. The van der Waals surface area contributed by atoms with Gasteiger partial charge >= 0.3 is 0 Å². The number of nitrogens with one attached hydrogen (secondary N) is 1. The van der Waals surface area contributed by atoms with Crippen LogP contribution in [0.2, 0.25) is 0 Å². The zero-order valence-corrected chi connectivity index (χ0v) is 11.8. The molecule has 2 atom stereocenters. The quantitative estimate of drug-likeness (QED) is 0.916. The molecule has 0 bridgehead atoms. The summed E-state index contributed by atoms with van der Waals surface area (Å²) in [5.41, 5.74) is 0.877. The molecule has 2 aromatic rings. The summed E-state index contributed by atoms with van der Waals surface area (Å²) >= 11 is 3.46. The Morgan fingerprint density at radius 3 is 3.17 bits per heavy atom. The maximum Gasteiger partial charge on any atom is 0.184 e. The SMILES string of the molecule is CSC1CCCC1Nc1nc2ccc(F)cc2s1. The smallest absolute Gasteiger partial charge is 0.184 e. The maximum absolute atomic E-state index is 13.1. The summed E-state index contributed by atoms with van der Waals surface area (Å²) in [5.74, 6) is -0.194. The van der Waals surface area contributed by atoms with Crippen LogP contribution in [-0.4, -0.2) is 22.5 Å². The number of thiazole rings is 1. The highest BCUT2D eigenvalue weighted by atomic mass is 32.2. The number of hydrogen-bond acceptors (Lipinski definition) is 4. The molecule has 1 heterocycles. The van der Waals surface area contributed by atoms with E-state index >= 15 is 0 Å². The number of nitrogens with zero attached hydrogens (tertiary/aromatic N) is 1. The average molecular weight is 282 g/mol. The summed E-state index contributed by atoms with van der Waals surface area (Å²) in [5, 5.41) is 5.11. The van der Waals surface area contributed by atoms with E-state index in [0.717, 1.165) is 15.3 Å². The van der Waals surface area contributed by atoms with Crippen molar-refractivity contribution in [1.82, 2.24) is 4.98 Å². The molecular formula is C13H15FN2S2. The lowest BCUT2D eigenvalue weighted by molar-refractivity contribution is 0.630. The first kappa shape index (κ1) is 12.2. The van der Waals surface area contributed by atoms with E-state index in [4.69, 9.17) is 0 Å². The predicted octanol–water partition coefficient (Wildman–Crippen LogP) is 4.13. The van der Waals surface area contributed by atoms with Gasteiger partial charge in [-0.05, 0) is 37.3 Å². The number of halogens is 1. The van der Waals surface area contributed by atoms with Crippen molar-refractivity contribution in [2.45, 2.75) is 30.6 Å². The van der Waals surface area contributed by atoms with Gasteiger partial charge in [0.15, 0.2) is 5.13 Å². The highest BCUT2D eigenvalue weighted by molar-refractivity contribution is 7.99. The van der Waals surface area contributed by atoms with E-state index in [0.29, 0.717) is 11.3 Å². The van der Waals surface area contributed by atoms with Gasteiger partial charge in [0.25, 0.3) is 0 Å². The van der Waals surface area contributed by atoms with Crippen LogP contribution in [0.3, 0.4) is 0 Å². The largest absolute Gasteiger partial charge is 0.358 e. The Labute approximate surface area is 114 Å². The van der Waals surface area contributed by atoms with Crippen LogP contribution in [0.5, 0.6) is 0 Å². The molecule has 1 saturated carbocycles. The minimum absolute atomic E-state index is 0.194. The van der Waals surface area contributed by atoms with E-state index in [-0.39, 0.29) is 5.82 Å². The normalized spacial score (nSPS) is 23.7. The second kappa shape index (κ2) is 5.05. The molecule has 1 aromatic heterocycles. The number of benzene rings is 1. The maximum atomic E-state index is 13.1. The minimum atomic E-state index is -0.194. The Morgan fingerprint density at radius 1 is 1.44 bits per heavy atom. The topological polar surface area (TPSA) is 24.9 Å². The van der Waals surface area contributed by atoms with Crippen molar-refractivity contribution in [2.75, 3.05) is 11.6 Å². The lowest BCUT2D eigenvalue weighted by atomic mass is 10.2. The van der Waals surface area contributed by atoms with Crippen molar-refractivity contribution in [1.29, 1.82) is 0 Å². The highest BCUT2D eigenvalue weighted by Gasteiger charge is 2.26. The van der Waals surface area contributed by atoms with Crippen molar-refractivity contribution >= 4 is 38.4 Å². The molecule has 0 spiro atoms. The van der Waals surface area contributed by atoms with Crippen LogP contribution in [0.25, 0.3) is 10.2 Å². The van der Waals surface area contributed by atoms with E-state index in [1.807, 2.05) is 11.8 Å². The van der Waals surface area contributed by atoms with Gasteiger partial charge in [0, 0.05) is 11.3 Å². The molecule has 0 saturated heterocycles. The van der Waals surface area contributed by atoms with Gasteiger partial charge in [0.2, 0.25) is 0 Å². The molecule has 1 aromatic carbocycles. The molecule has 1 aliphatic rings. The van der Waals surface area contributed by atoms with Crippen molar-refractivity contribution in [3.05, 3.63) is 24.0 Å². The summed E-state index contributed by atoms with van der Waals surface area (Å²) in [4.78, 5) is 4.52. The number of hydrogen-bond donors (Lipinski definition) is 1. The van der Waals surface area contributed by atoms with E-state index in [2.05, 4.69) is 16.6 Å². The number of anilines is 1. The van der Waals surface area contributed by atoms with E-state index < -0.39 is 0 Å². The molecule has 0 radical (unpaired) electrons. The van der Waals surface area contributed by atoms with Gasteiger partial charge in [0.05, 0.1) is 10.2 Å². The zero-order valence-electron chi connectivity index (χ0n) is 10.1. The molecule has 1 aliphatic carbocycles. The summed E-state index contributed by atoms with van der Waals surface area (Å²) in [6.45, 7) is 0. The fourth-order valence-corrected chi connectivity index (χ4v) is 4.38. The molecular weight excluding hydrogens is 267 g/mol. The summed E-state index contributed by atoms with van der Waals surface area (Å²) in [6.07, 6.45) is 5.93. The van der Waals surface area contributed by atoms with Gasteiger partial charge in [-0.25, -0.2) is 9.37 Å². The van der Waals surface area contributed by atoms with Gasteiger partial charge in [-0.1, -0.05) is 17.8 Å². The minimum Gasteiger partial charge on any atom is -0.358 e. The van der Waals surface area contributed by atoms with E-state index in [9.17, 15) is 4.39 Å². The molecule has 0 amide bonds. The fraction of sp³-hybridized carbons (Fsp3) is 0.462. The first-order valence-corrected chi connectivity index (χ1v) is 8.22. The third-order valence-electron chi connectivity index (χ3n) is 3.41. The third kappa shape index (κ3) is 2.34. The lowest BCUT2D eigenvalue weighted by Gasteiger charge is -2.18. The first-order chi connectivity index (χ1) is 8.76. The van der Waals surface area contributed by atoms with Gasteiger partial charge in [-0.3, -0.25) is 0 Å². The Bertz CT molecular complexity index is 555. The number of rotatable bonds is 3. The van der Waals surface area contributed by atoms with Crippen molar-refractivity contribution in [3.8, 4) is 0 Å². The Balaban J connectivity index is 1.82. The van der Waals surface area contributed by atoms with Crippen LogP contribution in [0.1, 0.15) is 19.3 Å². The second-order valence-electron chi connectivity index (χ2n) is 4.59. The van der Waals surface area contributed by atoms with Gasteiger partial charge < -0.3 is 5.32 Å². The van der Waals surface area contributed by atoms with Crippen LogP contribution >= 0.6 is 23.1 Å². The number of aromatic nitrogens is 1. The molecule has 2 unspecified atom stereocenters. The molecule has 18 heavy (non-hydrogen) atoms. The zero-order chi connectivity index (χ0) is 12.5. The first-order valence-electron chi connectivity index (χ1n) is 6.11. The molecule has 96 valence electrons. The molecule has 2 nitrogen and oxygen atoms in total. The van der Waals surface area contributed by atoms with Gasteiger partial charge in [0.1, 0.15) is 5.82 Å². The van der Waals surface area contributed by atoms with E-state index in [1.54, 1.807) is 12.1 Å². The van der Waals surface area contributed by atoms with Gasteiger partial charge in [-0.15, -0.1) is 0 Å². The molecule has 1 fully saturated rings. The second-order valence-corrected chi connectivity index (χ2v) is 6.69. The lowest BCUT2D eigenvalue weighted by Crippen LogP contribution is -2.25. The van der Waals surface area contributed by atoms with Crippen molar-refractivity contribution < 1.29 is 4.39 Å². The van der Waals surface area contributed by atoms with Crippen LogP contribution < -0.4 is 5.32 Å². The Kier molecular flexibility index (Phi) is 3.43. The molecule has 5 heteroatoms.